The molecule has 0 unspecified atom stereocenters. The van der Waals surface area contributed by atoms with Gasteiger partial charge in [0.1, 0.15) is 4.32 Å². The van der Waals surface area contributed by atoms with E-state index in [1.54, 1.807) is 6.08 Å². The lowest BCUT2D eigenvalue weighted by Gasteiger charge is -2.13. The van der Waals surface area contributed by atoms with Gasteiger partial charge in [0.25, 0.3) is 5.91 Å². The highest BCUT2D eigenvalue weighted by atomic mass is 32.2. The molecule has 1 saturated heterocycles. The lowest BCUT2D eigenvalue weighted by molar-refractivity contribution is -0.123. The van der Waals surface area contributed by atoms with Gasteiger partial charge in [-0.2, -0.15) is 0 Å². The SMILES string of the molecule is CCCCNC(=O)CCN1C(=O)/C(=C/C=C/c2ccccc2)SC1=S. The maximum Gasteiger partial charge on any atom is 0.266 e. The Bertz CT molecular complexity index is 684. The first-order chi connectivity index (χ1) is 12.1. The van der Waals surface area contributed by atoms with Gasteiger partial charge in [-0.15, -0.1) is 0 Å². The summed E-state index contributed by atoms with van der Waals surface area (Å²) in [6, 6.07) is 9.87. The van der Waals surface area contributed by atoms with Crippen molar-refractivity contribution in [3.05, 3.63) is 53.0 Å². The molecule has 4 nitrogen and oxygen atoms in total. The summed E-state index contributed by atoms with van der Waals surface area (Å²) < 4.78 is 0.505. The van der Waals surface area contributed by atoms with E-state index in [9.17, 15) is 9.59 Å². The number of carbonyl (C=O) groups excluding carboxylic acids is 2. The van der Waals surface area contributed by atoms with Crippen LogP contribution >= 0.6 is 24.0 Å². The van der Waals surface area contributed by atoms with Gasteiger partial charge in [0.15, 0.2) is 0 Å². The highest BCUT2D eigenvalue weighted by molar-refractivity contribution is 8.26. The molecule has 25 heavy (non-hydrogen) atoms. The summed E-state index contributed by atoms with van der Waals surface area (Å²) in [5.41, 5.74) is 1.07. The van der Waals surface area contributed by atoms with E-state index in [1.807, 2.05) is 42.5 Å². The molecule has 1 fully saturated rings. The number of nitrogens with one attached hydrogen (secondary N) is 1. The van der Waals surface area contributed by atoms with Crippen molar-refractivity contribution in [3.8, 4) is 0 Å². The zero-order chi connectivity index (χ0) is 18.1. The average molecular weight is 375 g/mol. The number of hydrogen-bond acceptors (Lipinski definition) is 4. The van der Waals surface area contributed by atoms with E-state index in [4.69, 9.17) is 12.2 Å². The van der Waals surface area contributed by atoms with Crippen LogP contribution in [0.15, 0.2) is 47.4 Å². The number of thiocarbonyl (C=S) groups is 1. The van der Waals surface area contributed by atoms with Gasteiger partial charge in [-0.05, 0) is 18.1 Å². The number of thioether (sulfide) groups is 1. The normalized spacial score (nSPS) is 16.2. The Labute approximate surface area is 158 Å². The fourth-order valence-electron chi connectivity index (χ4n) is 2.22. The Morgan fingerprint density at radius 3 is 2.80 bits per heavy atom. The summed E-state index contributed by atoms with van der Waals surface area (Å²) in [4.78, 5) is 26.3. The van der Waals surface area contributed by atoms with Crippen molar-refractivity contribution in [1.29, 1.82) is 0 Å². The number of unbranched alkanes of at least 4 members (excludes halogenated alkanes) is 1. The van der Waals surface area contributed by atoms with Crippen molar-refractivity contribution in [3.63, 3.8) is 0 Å². The smallest absolute Gasteiger partial charge is 0.266 e. The van der Waals surface area contributed by atoms with E-state index in [2.05, 4.69) is 12.2 Å². The molecule has 0 aromatic heterocycles. The van der Waals surface area contributed by atoms with Crippen LogP contribution in [-0.4, -0.2) is 34.1 Å². The second-order valence-electron chi connectivity index (χ2n) is 5.58. The highest BCUT2D eigenvalue weighted by Gasteiger charge is 2.31. The molecule has 1 N–H and O–H groups in total. The summed E-state index contributed by atoms with van der Waals surface area (Å²) in [6.45, 7) is 3.07. The number of benzene rings is 1. The van der Waals surface area contributed by atoms with Crippen LogP contribution < -0.4 is 5.32 Å². The van der Waals surface area contributed by atoms with Gasteiger partial charge in [-0.25, -0.2) is 0 Å². The molecule has 132 valence electrons. The van der Waals surface area contributed by atoms with Crippen molar-refractivity contribution in [1.82, 2.24) is 10.2 Å². The Kier molecular flexibility index (Phi) is 7.88. The lowest BCUT2D eigenvalue weighted by Crippen LogP contribution is -2.33. The Balaban J connectivity index is 1.87. The summed E-state index contributed by atoms with van der Waals surface area (Å²) >= 11 is 6.54. The minimum absolute atomic E-state index is 0.0459. The first kappa shape index (κ1) is 19.4. The number of rotatable bonds is 8. The van der Waals surface area contributed by atoms with Crippen LogP contribution in [0.5, 0.6) is 0 Å². The maximum atomic E-state index is 12.4. The Hall–Kier alpha value is -1.92. The Morgan fingerprint density at radius 2 is 2.08 bits per heavy atom. The van der Waals surface area contributed by atoms with Crippen LogP contribution in [0.1, 0.15) is 31.7 Å². The van der Waals surface area contributed by atoms with Crippen molar-refractivity contribution in [2.75, 3.05) is 13.1 Å². The average Bonchev–Trinajstić information content (AvgIpc) is 2.88. The molecule has 1 aromatic rings. The fourth-order valence-corrected chi connectivity index (χ4v) is 3.48. The number of allylic oxidation sites excluding steroid dienone is 2. The molecule has 1 aromatic carbocycles. The molecule has 1 aliphatic rings. The topological polar surface area (TPSA) is 49.4 Å². The molecule has 0 aliphatic carbocycles. The number of amides is 2. The first-order valence-corrected chi connectivity index (χ1v) is 9.58. The number of carbonyl (C=O) groups is 2. The third kappa shape index (κ3) is 6.14. The van der Waals surface area contributed by atoms with Crippen LogP contribution in [0.25, 0.3) is 6.08 Å². The maximum absolute atomic E-state index is 12.4. The van der Waals surface area contributed by atoms with Crippen molar-refractivity contribution in [2.45, 2.75) is 26.2 Å². The number of nitrogens with zero attached hydrogens (tertiary/aromatic N) is 1. The first-order valence-electron chi connectivity index (χ1n) is 8.35. The predicted molar refractivity (Wildman–Crippen MR) is 108 cm³/mol. The van der Waals surface area contributed by atoms with Crippen LogP contribution in [0, 0.1) is 0 Å². The zero-order valence-corrected chi connectivity index (χ0v) is 15.9. The van der Waals surface area contributed by atoms with E-state index < -0.39 is 0 Å². The van der Waals surface area contributed by atoms with Gasteiger partial charge in [0.2, 0.25) is 5.91 Å². The van der Waals surface area contributed by atoms with Gasteiger partial charge in [0, 0.05) is 19.5 Å². The molecule has 1 aliphatic heterocycles. The van der Waals surface area contributed by atoms with E-state index >= 15 is 0 Å². The lowest BCUT2D eigenvalue weighted by atomic mass is 10.2. The zero-order valence-electron chi connectivity index (χ0n) is 14.2. The molecule has 0 spiro atoms. The molecule has 0 atom stereocenters. The standard InChI is InChI=1S/C19H22N2O2S2/c1-2-3-13-20-17(22)12-14-21-18(23)16(25-19(21)24)11-7-10-15-8-5-4-6-9-15/h4-11H,2-3,12-14H2,1H3,(H,20,22)/b10-7+,16-11-. The quantitative estimate of drug-likeness (QED) is 0.428. The van der Waals surface area contributed by atoms with Crippen molar-refractivity contribution >= 4 is 46.2 Å². The van der Waals surface area contributed by atoms with Crippen LogP contribution in [0.3, 0.4) is 0 Å². The van der Waals surface area contributed by atoms with E-state index in [-0.39, 0.29) is 18.2 Å². The number of hydrogen-bond donors (Lipinski definition) is 1. The van der Waals surface area contributed by atoms with Gasteiger partial charge in [-0.1, -0.05) is 79.8 Å². The van der Waals surface area contributed by atoms with Gasteiger partial charge < -0.3 is 5.32 Å². The van der Waals surface area contributed by atoms with Crippen molar-refractivity contribution < 1.29 is 9.59 Å². The Morgan fingerprint density at radius 1 is 1.32 bits per heavy atom. The third-order valence-corrected chi connectivity index (χ3v) is 5.02. The summed E-state index contributed by atoms with van der Waals surface area (Å²) in [6.07, 6.45) is 7.82. The van der Waals surface area contributed by atoms with Gasteiger partial charge in [0.05, 0.1) is 4.91 Å². The predicted octanol–water partition coefficient (Wildman–Crippen LogP) is 3.75. The summed E-state index contributed by atoms with van der Waals surface area (Å²) in [7, 11) is 0. The monoisotopic (exact) mass is 374 g/mol. The van der Waals surface area contributed by atoms with Crippen LogP contribution in [0.4, 0.5) is 0 Å². The van der Waals surface area contributed by atoms with Crippen LogP contribution in [-0.2, 0) is 9.59 Å². The molecule has 2 amide bonds. The minimum Gasteiger partial charge on any atom is -0.356 e. The third-order valence-electron chi connectivity index (χ3n) is 3.62. The van der Waals surface area contributed by atoms with Crippen molar-refractivity contribution in [2.24, 2.45) is 0 Å². The molecule has 0 radical (unpaired) electrons. The second-order valence-corrected chi connectivity index (χ2v) is 7.25. The summed E-state index contributed by atoms with van der Waals surface area (Å²) in [5.74, 6) is -0.176. The second kappa shape index (κ2) is 10.2. The minimum atomic E-state index is -0.130. The van der Waals surface area contributed by atoms with E-state index in [1.165, 1.54) is 16.7 Å². The fraction of sp³-hybridized carbons (Fsp3) is 0.316. The molecule has 0 bridgehead atoms. The van der Waals surface area contributed by atoms with E-state index in [0.29, 0.717) is 22.3 Å². The molecular weight excluding hydrogens is 352 g/mol. The molecule has 0 saturated carbocycles. The van der Waals surface area contributed by atoms with E-state index in [0.717, 1.165) is 18.4 Å². The summed E-state index contributed by atoms with van der Waals surface area (Å²) in [5, 5.41) is 2.85. The van der Waals surface area contributed by atoms with Gasteiger partial charge in [-0.3, -0.25) is 14.5 Å². The molecule has 6 heteroatoms. The van der Waals surface area contributed by atoms with Crippen LogP contribution in [0.2, 0.25) is 0 Å². The highest BCUT2D eigenvalue weighted by Crippen LogP contribution is 2.31. The largest absolute Gasteiger partial charge is 0.356 e. The molecule has 2 rings (SSSR count). The molecular formula is C19H22N2O2S2. The molecule has 1 heterocycles. The van der Waals surface area contributed by atoms with Gasteiger partial charge >= 0.3 is 0 Å².